The van der Waals surface area contributed by atoms with Crippen molar-refractivity contribution < 1.29 is 38.4 Å². The number of quaternary nitrogens is 2. The van der Waals surface area contributed by atoms with Crippen LogP contribution in [0, 0.1) is 0 Å². The molecule has 84 valence electrons. The van der Waals surface area contributed by atoms with Gasteiger partial charge in [-0.15, -0.1) is 0 Å². The molecule has 0 aliphatic carbocycles. The van der Waals surface area contributed by atoms with Gasteiger partial charge in [0.25, 0.3) is 0 Å². The molecular weight excluding hydrogens is 296 g/mol. The summed E-state index contributed by atoms with van der Waals surface area (Å²) in [4.78, 5) is 0. The van der Waals surface area contributed by atoms with Crippen molar-refractivity contribution in [1.29, 1.82) is 0 Å². The van der Waals surface area contributed by atoms with Gasteiger partial charge in [0.05, 0.1) is 26.7 Å². The van der Waals surface area contributed by atoms with Crippen LogP contribution >= 0.6 is 0 Å². The summed E-state index contributed by atoms with van der Waals surface area (Å²) in [5.41, 5.74) is 0. The summed E-state index contributed by atoms with van der Waals surface area (Å²) >= 11 is 0. The zero-order valence-corrected chi connectivity index (χ0v) is 12.3. The molecule has 0 atom stereocenters. The highest BCUT2D eigenvalue weighted by atomic mass is 79.9. The normalized spacial score (nSPS) is 18.0. The smallest absolute Gasteiger partial charge is 0.0786 e. The summed E-state index contributed by atoms with van der Waals surface area (Å²) in [6, 6.07) is 0. The molecule has 1 fully saturated rings. The first-order chi connectivity index (χ1) is 4.77. The van der Waals surface area contributed by atoms with Crippen LogP contribution in [0.1, 0.15) is 32.6 Å². The SMILES string of the molecule is CCCC[N+]1(C)CCCC1.[Br-].[Br-].[NH4+]. The molecule has 1 rings (SSSR count). The minimum atomic E-state index is 0. The van der Waals surface area contributed by atoms with Crippen molar-refractivity contribution in [1.82, 2.24) is 6.15 Å². The van der Waals surface area contributed by atoms with Crippen LogP contribution in [-0.2, 0) is 0 Å². The highest BCUT2D eigenvalue weighted by Crippen LogP contribution is 2.16. The molecule has 4 N–H and O–H groups in total. The van der Waals surface area contributed by atoms with E-state index in [1.807, 2.05) is 0 Å². The Morgan fingerprint density at radius 3 is 1.92 bits per heavy atom. The van der Waals surface area contributed by atoms with Crippen molar-refractivity contribution in [2.45, 2.75) is 32.6 Å². The number of nitrogens with zero attached hydrogens (tertiary/aromatic N) is 1. The third-order valence-electron chi connectivity index (χ3n) is 2.70. The van der Waals surface area contributed by atoms with Crippen LogP contribution in [0.3, 0.4) is 0 Å². The van der Waals surface area contributed by atoms with Crippen LogP contribution < -0.4 is 40.1 Å². The highest BCUT2D eigenvalue weighted by Gasteiger charge is 2.25. The lowest BCUT2D eigenvalue weighted by atomic mass is 10.3. The third-order valence-corrected chi connectivity index (χ3v) is 2.70. The number of rotatable bonds is 3. The number of hydrogen-bond acceptors (Lipinski definition) is 0. The number of likely N-dealkylation sites (tertiary alicyclic amines) is 1. The lowest BCUT2D eigenvalue weighted by molar-refractivity contribution is -0.897. The van der Waals surface area contributed by atoms with Crippen molar-refractivity contribution in [3.8, 4) is 0 Å². The van der Waals surface area contributed by atoms with Gasteiger partial charge < -0.3 is 44.6 Å². The van der Waals surface area contributed by atoms with Crippen LogP contribution in [0.15, 0.2) is 0 Å². The minimum Gasteiger partial charge on any atom is -1.00 e. The standard InChI is InChI=1S/C9H20N.2BrH.H3N/c1-3-4-7-10(2)8-5-6-9-10;;;/h3-9H2,1-2H3;2*1H;1H3/q+1;;;/p-1. The number of unbranched alkanes of at least 4 members (excludes halogenated alkanes) is 1. The van der Waals surface area contributed by atoms with Gasteiger partial charge in [-0.25, -0.2) is 0 Å². The monoisotopic (exact) mass is 318 g/mol. The van der Waals surface area contributed by atoms with E-state index >= 15 is 0 Å². The Labute approximate surface area is 104 Å². The molecule has 1 saturated heterocycles. The van der Waals surface area contributed by atoms with Crippen LogP contribution in [0.2, 0.25) is 0 Å². The van der Waals surface area contributed by atoms with E-state index in [-0.39, 0.29) is 40.1 Å². The second kappa shape index (κ2) is 9.44. The molecule has 0 aromatic carbocycles. The molecule has 0 bridgehead atoms. The van der Waals surface area contributed by atoms with Crippen LogP contribution in [0.25, 0.3) is 0 Å². The van der Waals surface area contributed by atoms with Crippen LogP contribution in [0.4, 0.5) is 0 Å². The van der Waals surface area contributed by atoms with E-state index in [0.717, 1.165) is 0 Å². The first kappa shape index (κ1) is 19.5. The molecule has 1 heterocycles. The fraction of sp³-hybridized carbons (Fsp3) is 1.00. The zero-order chi connectivity index (χ0) is 7.45. The molecule has 2 nitrogen and oxygen atoms in total. The molecular formula is C9H24Br2N2. The molecule has 0 aromatic heterocycles. The van der Waals surface area contributed by atoms with Crippen LogP contribution in [0.5, 0.6) is 0 Å². The van der Waals surface area contributed by atoms with Gasteiger partial charge >= 0.3 is 0 Å². The molecule has 4 heteroatoms. The summed E-state index contributed by atoms with van der Waals surface area (Å²) in [7, 11) is 2.41. The molecule has 0 spiro atoms. The fourth-order valence-corrected chi connectivity index (χ4v) is 1.86. The highest BCUT2D eigenvalue weighted by molar-refractivity contribution is 4.51. The Morgan fingerprint density at radius 1 is 1.08 bits per heavy atom. The first-order valence-electron chi connectivity index (χ1n) is 4.60. The zero-order valence-electron chi connectivity index (χ0n) is 9.15. The Hall–Kier alpha value is 0.880. The predicted octanol–water partition coefficient (Wildman–Crippen LogP) is -3.59. The van der Waals surface area contributed by atoms with Gasteiger partial charge in [0, 0.05) is 12.8 Å². The van der Waals surface area contributed by atoms with E-state index in [1.54, 1.807) is 0 Å². The first-order valence-corrected chi connectivity index (χ1v) is 4.60. The average Bonchev–Trinajstić information content (AvgIpc) is 2.33. The lowest BCUT2D eigenvalue weighted by Crippen LogP contribution is -3.00. The van der Waals surface area contributed by atoms with E-state index in [4.69, 9.17) is 0 Å². The number of halogens is 2. The van der Waals surface area contributed by atoms with Gasteiger partial charge in [0.15, 0.2) is 0 Å². The van der Waals surface area contributed by atoms with Gasteiger partial charge in [-0.3, -0.25) is 0 Å². The van der Waals surface area contributed by atoms with Gasteiger partial charge in [-0.2, -0.15) is 0 Å². The molecule has 0 unspecified atom stereocenters. The quantitative estimate of drug-likeness (QED) is 0.522. The van der Waals surface area contributed by atoms with E-state index in [1.165, 1.54) is 49.8 Å². The van der Waals surface area contributed by atoms with E-state index in [2.05, 4.69) is 14.0 Å². The van der Waals surface area contributed by atoms with Crippen molar-refractivity contribution >= 4 is 0 Å². The second-order valence-corrected chi connectivity index (χ2v) is 3.85. The average molecular weight is 320 g/mol. The summed E-state index contributed by atoms with van der Waals surface area (Å²) in [5, 5.41) is 0. The van der Waals surface area contributed by atoms with Gasteiger partial charge in [0.1, 0.15) is 0 Å². The topological polar surface area (TPSA) is 36.5 Å². The molecule has 1 aliphatic rings. The molecule has 0 radical (unpaired) electrons. The third kappa shape index (κ3) is 6.89. The lowest BCUT2D eigenvalue weighted by Gasteiger charge is -2.28. The molecule has 0 saturated carbocycles. The van der Waals surface area contributed by atoms with E-state index in [0.29, 0.717) is 0 Å². The Kier molecular flexibility index (Phi) is 14.1. The van der Waals surface area contributed by atoms with Crippen molar-refractivity contribution in [2.24, 2.45) is 0 Å². The maximum Gasteiger partial charge on any atom is 0.0786 e. The largest absolute Gasteiger partial charge is 1.00 e. The van der Waals surface area contributed by atoms with Crippen LogP contribution in [-0.4, -0.2) is 31.2 Å². The van der Waals surface area contributed by atoms with Gasteiger partial charge in [-0.1, -0.05) is 13.3 Å². The molecule has 1 aliphatic heterocycles. The summed E-state index contributed by atoms with van der Waals surface area (Å²) in [6.45, 7) is 6.55. The summed E-state index contributed by atoms with van der Waals surface area (Å²) in [5.74, 6) is 0. The minimum absolute atomic E-state index is 0. The van der Waals surface area contributed by atoms with Crippen molar-refractivity contribution in [3.05, 3.63) is 0 Å². The Morgan fingerprint density at radius 2 is 1.54 bits per heavy atom. The molecule has 13 heavy (non-hydrogen) atoms. The Balaban J connectivity index is -0.000000333. The fourth-order valence-electron chi connectivity index (χ4n) is 1.86. The van der Waals surface area contributed by atoms with E-state index < -0.39 is 0 Å². The maximum absolute atomic E-state index is 2.41. The molecule has 0 amide bonds. The predicted molar refractivity (Wildman–Crippen MR) is 50.9 cm³/mol. The van der Waals surface area contributed by atoms with E-state index in [9.17, 15) is 0 Å². The van der Waals surface area contributed by atoms with Gasteiger partial charge in [0.2, 0.25) is 0 Å². The second-order valence-electron chi connectivity index (χ2n) is 3.85. The van der Waals surface area contributed by atoms with Crippen molar-refractivity contribution in [2.75, 3.05) is 26.7 Å². The number of hydrogen-bond donors (Lipinski definition) is 1. The van der Waals surface area contributed by atoms with Gasteiger partial charge in [-0.05, 0) is 6.42 Å². The summed E-state index contributed by atoms with van der Waals surface area (Å²) < 4.78 is 1.36. The Bertz CT molecular complexity index is 104. The molecule has 0 aromatic rings. The van der Waals surface area contributed by atoms with Crippen molar-refractivity contribution in [3.63, 3.8) is 0 Å². The maximum atomic E-state index is 2.41. The summed E-state index contributed by atoms with van der Waals surface area (Å²) in [6.07, 6.45) is 5.69.